The SMILES string of the molecule is N#Cc1cnn2c(C(=O)O)cc(-c3ccco3)nc12. The maximum atomic E-state index is 11.2. The summed E-state index contributed by atoms with van der Waals surface area (Å²) in [6, 6.07) is 6.60. The highest BCUT2D eigenvalue weighted by atomic mass is 16.4. The van der Waals surface area contributed by atoms with Crippen molar-refractivity contribution in [2.24, 2.45) is 0 Å². The number of aromatic carboxylic acids is 1. The molecule has 3 aromatic heterocycles. The summed E-state index contributed by atoms with van der Waals surface area (Å²) in [6.07, 6.45) is 2.74. The highest BCUT2D eigenvalue weighted by Crippen LogP contribution is 2.21. The van der Waals surface area contributed by atoms with Gasteiger partial charge in [-0.15, -0.1) is 0 Å². The number of carbonyl (C=O) groups is 1. The number of fused-ring (bicyclic) bond motifs is 1. The second-order valence-electron chi connectivity index (χ2n) is 3.71. The Hall–Kier alpha value is -3.14. The van der Waals surface area contributed by atoms with E-state index in [0.717, 1.165) is 4.52 Å². The molecular weight excluding hydrogens is 248 g/mol. The van der Waals surface area contributed by atoms with Crippen molar-refractivity contribution in [1.29, 1.82) is 5.26 Å². The van der Waals surface area contributed by atoms with Crippen molar-refractivity contribution in [2.45, 2.75) is 0 Å². The van der Waals surface area contributed by atoms with Gasteiger partial charge in [0.1, 0.15) is 17.3 Å². The molecule has 0 spiro atoms. The van der Waals surface area contributed by atoms with E-state index in [1.807, 2.05) is 6.07 Å². The molecule has 19 heavy (non-hydrogen) atoms. The van der Waals surface area contributed by atoms with Gasteiger partial charge in [0.25, 0.3) is 0 Å². The van der Waals surface area contributed by atoms with Gasteiger partial charge in [-0.2, -0.15) is 10.4 Å². The van der Waals surface area contributed by atoms with E-state index in [2.05, 4.69) is 10.1 Å². The van der Waals surface area contributed by atoms with Crippen molar-refractivity contribution in [1.82, 2.24) is 14.6 Å². The molecule has 0 amide bonds. The Morgan fingerprint density at radius 1 is 1.53 bits per heavy atom. The maximum Gasteiger partial charge on any atom is 0.354 e. The molecule has 0 aliphatic carbocycles. The van der Waals surface area contributed by atoms with Crippen LogP contribution < -0.4 is 0 Å². The van der Waals surface area contributed by atoms with Crippen LogP contribution in [-0.2, 0) is 0 Å². The van der Waals surface area contributed by atoms with Crippen LogP contribution in [0.1, 0.15) is 16.1 Å². The zero-order valence-electron chi connectivity index (χ0n) is 9.44. The minimum Gasteiger partial charge on any atom is -0.477 e. The van der Waals surface area contributed by atoms with Crippen LogP contribution in [0.15, 0.2) is 35.1 Å². The normalized spacial score (nSPS) is 10.5. The second-order valence-corrected chi connectivity index (χ2v) is 3.71. The number of rotatable bonds is 2. The van der Waals surface area contributed by atoms with Gasteiger partial charge in [-0.3, -0.25) is 0 Å². The van der Waals surface area contributed by atoms with Crippen LogP contribution in [0.4, 0.5) is 0 Å². The number of carboxylic acid groups (broad SMARTS) is 1. The molecule has 0 aromatic carbocycles. The zero-order chi connectivity index (χ0) is 13.4. The fourth-order valence-electron chi connectivity index (χ4n) is 1.74. The first-order chi connectivity index (χ1) is 9.20. The van der Waals surface area contributed by atoms with E-state index in [1.54, 1.807) is 12.1 Å². The van der Waals surface area contributed by atoms with Crippen LogP contribution in [0.25, 0.3) is 17.1 Å². The zero-order valence-corrected chi connectivity index (χ0v) is 9.44. The number of hydrogen-bond donors (Lipinski definition) is 1. The number of carboxylic acids is 1. The summed E-state index contributed by atoms with van der Waals surface area (Å²) < 4.78 is 6.30. The average Bonchev–Trinajstić information content (AvgIpc) is 3.06. The number of aromatic nitrogens is 3. The summed E-state index contributed by atoms with van der Waals surface area (Å²) in [6.45, 7) is 0. The van der Waals surface area contributed by atoms with Gasteiger partial charge in [0.15, 0.2) is 17.1 Å². The van der Waals surface area contributed by atoms with Crippen LogP contribution in [0.3, 0.4) is 0 Å². The van der Waals surface area contributed by atoms with Crippen LogP contribution in [-0.4, -0.2) is 25.7 Å². The van der Waals surface area contributed by atoms with E-state index in [-0.39, 0.29) is 16.9 Å². The highest BCUT2D eigenvalue weighted by molar-refractivity contribution is 5.88. The van der Waals surface area contributed by atoms with Gasteiger partial charge in [-0.05, 0) is 12.1 Å². The molecule has 3 heterocycles. The van der Waals surface area contributed by atoms with E-state index in [4.69, 9.17) is 9.68 Å². The molecule has 1 N–H and O–H groups in total. The predicted octanol–water partition coefficient (Wildman–Crippen LogP) is 1.56. The fraction of sp³-hybridized carbons (Fsp3) is 0. The van der Waals surface area contributed by atoms with Crippen molar-refractivity contribution < 1.29 is 14.3 Å². The lowest BCUT2D eigenvalue weighted by Gasteiger charge is -2.02. The molecule has 7 nitrogen and oxygen atoms in total. The molecule has 0 radical (unpaired) electrons. The first kappa shape index (κ1) is 11.0. The Morgan fingerprint density at radius 2 is 2.37 bits per heavy atom. The Kier molecular flexibility index (Phi) is 2.29. The largest absolute Gasteiger partial charge is 0.477 e. The summed E-state index contributed by atoms with van der Waals surface area (Å²) in [5, 5.41) is 22.0. The molecule has 0 aliphatic rings. The standard InChI is InChI=1S/C12H6N4O3/c13-5-7-6-14-16-9(12(17)18)4-8(15-11(7)16)10-2-1-3-19-10/h1-4,6H,(H,17,18). The third-order valence-corrected chi connectivity index (χ3v) is 2.59. The van der Waals surface area contributed by atoms with E-state index in [1.165, 1.54) is 18.5 Å². The summed E-state index contributed by atoms with van der Waals surface area (Å²) in [5.41, 5.74) is 0.648. The van der Waals surface area contributed by atoms with E-state index < -0.39 is 5.97 Å². The molecule has 7 heteroatoms. The molecule has 92 valence electrons. The van der Waals surface area contributed by atoms with Crippen LogP contribution in [0.5, 0.6) is 0 Å². The van der Waals surface area contributed by atoms with Crippen molar-refractivity contribution in [3.8, 4) is 17.5 Å². The van der Waals surface area contributed by atoms with E-state index in [9.17, 15) is 9.90 Å². The van der Waals surface area contributed by atoms with Gasteiger partial charge in [-0.1, -0.05) is 0 Å². The smallest absolute Gasteiger partial charge is 0.354 e. The molecule has 0 saturated heterocycles. The van der Waals surface area contributed by atoms with E-state index in [0.29, 0.717) is 11.5 Å². The average molecular weight is 254 g/mol. The number of hydrogen-bond acceptors (Lipinski definition) is 5. The molecule has 0 saturated carbocycles. The first-order valence-corrected chi connectivity index (χ1v) is 5.27. The van der Waals surface area contributed by atoms with Crippen molar-refractivity contribution in [3.05, 3.63) is 41.9 Å². The number of furan rings is 1. The van der Waals surface area contributed by atoms with Gasteiger partial charge in [0, 0.05) is 6.07 Å². The lowest BCUT2D eigenvalue weighted by molar-refractivity contribution is 0.0687. The molecule has 0 aliphatic heterocycles. The lowest BCUT2D eigenvalue weighted by Crippen LogP contribution is -2.08. The quantitative estimate of drug-likeness (QED) is 0.744. The molecule has 0 bridgehead atoms. The molecular formula is C12H6N4O3. The van der Waals surface area contributed by atoms with Crippen molar-refractivity contribution >= 4 is 11.6 Å². The first-order valence-electron chi connectivity index (χ1n) is 5.27. The minimum absolute atomic E-state index is 0.0853. The summed E-state index contributed by atoms with van der Waals surface area (Å²) in [4.78, 5) is 15.4. The predicted molar refractivity (Wildman–Crippen MR) is 62.4 cm³/mol. The lowest BCUT2D eigenvalue weighted by atomic mass is 10.2. The Balaban J connectivity index is 2.37. The van der Waals surface area contributed by atoms with Gasteiger partial charge in [0.05, 0.1) is 12.5 Å². The molecule has 0 atom stereocenters. The molecule has 0 unspecified atom stereocenters. The summed E-state index contributed by atoms with van der Waals surface area (Å²) in [7, 11) is 0. The van der Waals surface area contributed by atoms with Crippen molar-refractivity contribution in [3.63, 3.8) is 0 Å². The van der Waals surface area contributed by atoms with Gasteiger partial charge in [-0.25, -0.2) is 14.3 Å². The highest BCUT2D eigenvalue weighted by Gasteiger charge is 2.17. The van der Waals surface area contributed by atoms with Crippen LogP contribution in [0, 0.1) is 11.3 Å². The molecule has 0 fully saturated rings. The maximum absolute atomic E-state index is 11.2. The Morgan fingerprint density at radius 3 is 3.00 bits per heavy atom. The van der Waals surface area contributed by atoms with E-state index >= 15 is 0 Å². The third-order valence-electron chi connectivity index (χ3n) is 2.59. The second kappa shape index (κ2) is 3.96. The Labute approximate surface area is 106 Å². The number of nitriles is 1. The van der Waals surface area contributed by atoms with Crippen LogP contribution >= 0.6 is 0 Å². The van der Waals surface area contributed by atoms with Gasteiger partial charge < -0.3 is 9.52 Å². The van der Waals surface area contributed by atoms with Crippen molar-refractivity contribution in [2.75, 3.05) is 0 Å². The summed E-state index contributed by atoms with van der Waals surface area (Å²) in [5.74, 6) is -0.733. The minimum atomic E-state index is -1.16. The summed E-state index contributed by atoms with van der Waals surface area (Å²) >= 11 is 0. The molecule has 3 aromatic rings. The monoisotopic (exact) mass is 254 g/mol. The number of nitrogens with zero attached hydrogens (tertiary/aromatic N) is 4. The fourth-order valence-corrected chi connectivity index (χ4v) is 1.74. The van der Waals surface area contributed by atoms with Gasteiger partial charge in [0.2, 0.25) is 0 Å². The van der Waals surface area contributed by atoms with Crippen LogP contribution in [0.2, 0.25) is 0 Å². The third kappa shape index (κ3) is 1.63. The topological polar surface area (TPSA) is 104 Å². The van der Waals surface area contributed by atoms with Gasteiger partial charge >= 0.3 is 5.97 Å². The Bertz CT molecular complexity index is 811. The molecule has 3 rings (SSSR count).